The van der Waals surface area contributed by atoms with Crippen LogP contribution in [0.3, 0.4) is 0 Å². The second-order valence-electron chi connectivity index (χ2n) is 5.67. The van der Waals surface area contributed by atoms with Crippen LogP contribution in [-0.2, 0) is 13.3 Å². The van der Waals surface area contributed by atoms with Crippen molar-refractivity contribution in [2.75, 3.05) is 32.9 Å². The SMILES string of the molecule is CCCCO[Si](OCCCC)(OCCCC)C(C)NCCN. The molecule has 22 heavy (non-hydrogen) atoms. The highest BCUT2D eigenvalue weighted by Gasteiger charge is 2.47. The number of nitrogens with two attached hydrogens (primary N) is 1. The third-order valence-corrected chi connectivity index (χ3v) is 6.61. The normalized spacial score (nSPS) is 13.5. The van der Waals surface area contributed by atoms with Crippen LogP contribution in [0, 0.1) is 0 Å². The van der Waals surface area contributed by atoms with Crippen molar-refractivity contribution in [3.63, 3.8) is 0 Å². The third kappa shape index (κ3) is 9.22. The quantitative estimate of drug-likeness (QED) is 0.336. The topological polar surface area (TPSA) is 65.7 Å². The van der Waals surface area contributed by atoms with E-state index in [4.69, 9.17) is 19.0 Å². The van der Waals surface area contributed by atoms with Crippen LogP contribution in [0.25, 0.3) is 0 Å². The number of rotatable bonds is 16. The minimum absolute atomic E-state index is 0.0709. The maximum absolute atomic E-state index is 6.21. The molecule has 3 N–H and O–H groups in total. The van der Waals surface area contributed by atoms with Crippen molar-refractivity contribution in [3.05, 3.63) is 0 Å². The zero-order chi connectivity index (χ0) is 16.7. The van der Waals surface area contributed by atoms with Gasteiger partial charge in [-0.3, -0.25) is 0 Å². The van der Waals surface area contributed by atoms with Crippen molar-refractivity contribution in [2.45, 2.75) is 71.9 Å². The molecule has 0 bridgehead atoms. The lowest BCUT2D eigenvalue weighted by Crippen LogP contribution is -2.61. The molecule has 0 spiro atoms. The Morgan fingerprint density at radius 3 is 1.59 bits per heavy atom. The van der Waals surface area contributed by atoms with Crippen LogP contribution in [0.1, 0.15) is 66.2 Å². The van der Waals surface area contributed by atoms with Crippen molar-refractivity contribution >= 4 is 8.80 Å². The van der Waals surface area contributed by atoms with Crippen molar-refractivity contribution < 1.29 is 13.3 Å². The molecule has 6 heteroatoms. The smallest absolute Gasteiger partial charge is 0.373 e. The maximum atomic E-state index is 6.21. The lowest BCUT2D eigenvalue weighted by Gasteiger charge is -2.35. The molecule has 0 aromatic heterocycles. The lowest BCUT2D eigenvalue weighted by atomic mass is 10.4. The van der Waals surface area contributed by atoms with Gasteiger partial charge in [-0.2, -0.15) is 0 Å². The van der Waals surface area contributed by atoms with Gasteiger partial charge in [0, 0.05) is 32.9 Å². The Bertz CT molecular complexity index is 219. The molecule has 0 heterocycles. The molecule has 0 rings (SSSR count). The predicted octanol–water partition coefficient (Wildman–Crippen LogP) is 2.85. The fourth-order valence-corrected chi connectivity index (χ4v) is 4.68. The fourth-order valence-electron chi connectivity index (χ4n) is 2.00. The molecule has 0 aromatic carbocycles. The maximum Gasteiger partial charge on any atom is 0.518 e. The molecule has 0 saturated carbocycles. The fraction of sp³-hybridized carbons (Fsp3) is 1.00. The van der Waals surface area contributed by atoms with E-state index in [2.05, 4.69) is 33.0 Å². The highest BCUT2D eigenvalue weighted by Crippen LogP contribution is 2.17. The Kier molecular flexibility index (Phi) is 14.6. The molecule has 1 unspecified atom stereocenters. The molecule has 0 fully saturated rings. The van der Waals surface area contributed by atoms with E-state index in [9.17, 15) is 0 Å². The molecule has 134 valence electrons. The van der Waals surface area contributed by atoms with Gasteiger partial charge in [-0.15, -0.1) is 0 Å². The molecule has 0 amide bonds. The van der Waals surface area contributed by atoms with Crippen LogP contribution in [0.5, 0.6) is 0 Å². The first-order valence-electron chi connectivity index (χ1n) is 9.02. The van der Waals surface area contributed by atoms with Crippen LogP contribution in [-0.4, -0.2) is 47.4 Å². The molecule has 1 atom stereocenters. The van der Waals surface area contributed by atoms with Crippen molar-refractivity contribution in [3.8, 4) is 0 Å². The first-order valence-corrected chi connectivity index (χ1v) is 10.8. The van der Waals surface area contributed by atoms with Crippen molar-refractivity contribution in [2.24, 2.45) is 5.73 Å². The van der Waals surface area contributed by atoms with Gasteiger partial charge in [-0.05, 0) is 26.2 Å². The Balaban J connectivity index is 4.82. The highest BCUT2D eigenvalue weighted by atomic mass is 28.4. The van der Waals surface area contributed by atoms with Crippen LogP contribution in [0.2, 0.25) is 0 Å². The summed E-state index contributed by atoms with van der Waals surface area (Å²) in [4.78, 5) is 0. The predicted molar refractivity (Wildman–Crippen MR) is 94.9 cm³/mol. The molecular weight excluding hydrogens is 296 g/mol. The summed E-state index contributed by atoms with van der Waals surface area (Å²) in [5.41, 5.74) is 5.69. The Morgan fingerprint density at radius 2 is 1.27 bits per heavy atom. The Hall–Kier alpha value is 0.0169. The van der Waals surface area contributed by atoms with Gasteiger partial charge in [0.1, 0.15) is 0 Å². The molecular formula is C16H38N2O3Si. The minimum atomic E-state index is -2.71. The van der Waals surface area contributed by atoms with Gasteiger partial charge < -0.3 is 24.3 Å². The van der Waals surface area contributed by atoms with Crippen LogP contribution in [0.4, 0.5) is 0 Å². The van der Waals surface area contributed by atoms with E-state index >= 15 is 0 Å². The molecule has 0 aliphatic carbocycles. The van der Waals surface area contributed by atoms with Crippen LogP contribution in [0.15, 0.2) is 0 Å². The third-order valence-electron chi connectivity index (χ3n) is 3.53. The van der Waals surface area contributed by atoms with E-state index in [-0.39, 0.29) is 5.67 Å². The van der Waals surface area contributed by atoms with Gasteiger partial charge in [-0.25, -0.2) is 0 Å². The number of unbranched alkanes of at least 4 members (excludes halogenated alkanes) is 3. The average molecular weight is 335 g/mol. The van der Waals surface area contributed by atoms with Gasteiger partial charge in [0.2, 0.25) is 0 Å². The molecule has 0 aromatic rings. The van der Waals surface area contributed by atoms with Crippen molar-refractivity contribution in [1.82, 2.24) is 5.32 Å². The first-order chi connectivity index (χ1) is 10.7. The van der Waals surface area contributed by atoms with E-state index < -0.39 is 8.80 Å². The van der Waals surface area contributed by atoms with E-state index in [1.165, 1.54) is 0 Å². The van der Waals surface area contributed by atoms with E-state index in [1.54, 1.807) is 0 Å². The van der Waals surface area contributed by atoms with E-state index in [0.29, 0.717) is 26.4 Å². The second kappa shape index (κ2) is 14.6. The minimum Gasteiger partial charge on any atom is -0.373 e. The molecule has 0 aliphatic rings. The number of hydrogen-bond acceptors (Lipinski definition) is 5. The summed E-state index contributed by atoms with van der Waals surface area (Å²) in [6, 6.07) is 0. The van der Waals surface area contributed by atoms with Gasteiger partial charge in [0.05, 0.1) is 5.67 Å². The van der Waals surface area contributed by atoms with E-state index in [0.717, 1.165) is 45.1 Å². The molecule has 5 nitrogen and oxygen atoms in total. The monoisotopic (exact) mass is 334 g/mol. The molecule has 0 radical (unpaired) electrons. The summed E-state index contributed by atoms with van der Waals surface area (Å²) in [6.45, 7) is 12.1. The lowest BCUT2D eigenvalue weighted by molar-refractivity contribution is 0.0458. The summed E-state index contributed by atoms with van der Waals surface area (Å²) in [7, 11) is -2.71. The van der Waals surface area contributed by atoms with Gasteiger partial charge in [0.25, 0.3) is 0 Å². The van der Waals surface area contributed by atoms with Crippen LogP contribution >= 0.6 is 0 Å². The number of nitrogens with one attached hydrogen (secondary N) is 1. The van der Waals surface area contributed by atoms with E-state index in [1.807, 2.05) is 0 Å². The van der Waals surface area contributed by atoms with Gasteiger partial charge in [-0.1, -0.05) is 40.0 Å². The highest BCUT2D eigenvalue weighted by molar-refractivity contribution is 6.62. The zero-order valence-corrected chi connectivity index (χ0v) is 16.2. The Labute approximate surface area is 138 Å². The van der Waals surface area contributed by atoms with Crippen LogP contribution < -0.4 is 11.1 Å². The summed E-state index contributed by atoms with van der Waals surface area (Å²) < 4.78 is 18.6. The number of hydrogen-bond donors (Lipinski definition) is 2. The largest absolute Gasteiger partial charge is 0.518 e. The average Bonchev–Trinajstić information content (AvgIpc) is 2.52. The second-order valence-corrected chi connectivity index (χ2v) is 8.61. The summed E-state index contributed by atoms with van der Waals surface area (Å²) in [5, 5.41) is 3.42. The summed E-state index contributed by atoms with van der Waals surface area (Å²) >= 11 is 0. The van der Waals surface area contributed by atoms with Gasteiger partial charge in [0.15, 0.2) is 0 Å². The van der Waals surface area contributed by atoms with Crippen molar-refractivity contribution in [1.29, 1.82) is 0 Å². The molecule has 0 aliphatic heterocycles. The standard InChI is InChI=1S/C16H38N2O3Si/c1-5-8-13-19-22(20-14-9-6-2,21-15-10-7-3)16(4)18-12-11-17/h16,18H,5-15,17H2,1-4H3. The summed E-state index contributed by atoms with van der Waals surface area (Å²) in [6.07, 6.45) is 6.43. The summed E-state index contributed by atoms with van der Waals surface area (Å²) in [5.74, 6) is 0. The first kappa shape index (κ1) is 22.0. The Morgan fingerprint density at radius 1 is 0.864 bits per heavy atom. The molecule has 0 saturated heterocycles. The van der Waals surface area contributed by atoms with Gasteiger partial charge >= 0.3 is 8.80 Å². The zero-order valence-electron chi connectivity index (χ0n) is 15.2.